The summed E-state index contributed by atoms with van der Waals surface area (Å²) in [5.41, 5.74) is 0.805. The van der Waals surface area contributed by atoms with Crippen LogP contribution < -0.4 is 10.6 Å². The molecule has 148 valence electrons. The van der Waals surface area contributed by atoms with E-state index in [0.29, 0.717) is 6.54 Å². The van der Waals surface area contributed by atoms with E-state index in [2.05, 4.69) is 20.5 Å². The molecule has 0 saturated carbocycles. The normalized spacial score (nSPS) is 15.2. The number of rotatable bonds is 5. The summed E-state index contributed by atoms with van der Waals surface area (Å²) in [4.78, 5) is 30.3. The minimum atomic E-state index is -1.02. The van der Waals surface area contributed by atoms with Crippen LogP contribution in [0.5, 0.6) is 0 Å². The first-order valence-corrected chi connectivity index (χ1v) is 9.17. The second-order valence-corrected chi connectivity index (χ2v) is 6.87. The number of anilines is 1. The van der Waals surface area contributed by atoms with Crippen molar-refractivity contribution in [2.75, 3.05) is 25.0 Å². The third-order valence-electron chi connectivity index (χ3n) is 4.77. The van der Waals surface area contributed by atoms with E-state index in [1.807, 2.05) is 18.3 Å². The number of nitrogens with one attached hydrogen (secondary N) is 2. The van der Waals surface area contributed by atoms with Crippen molar-refractivity contribution in [3.05, 3.63) is 59.9 Å². The fraction of sp³-hybridized carbons (Fsp3) is 0.350. The third kappa shape index (κ3) is 5.56. The fourth-order valence-electron chi connectivity index (χ4n) is 3.19. The van der Waals surface area contributed by atoms with Crippen molar-refractivity contribution < 1.29 is 18.4 Å². The lowest BCUT2D eigenvalue weighted by atomic mass is 9.96. The van der Waals surface area contributed by atoms with Crippen molar-refractivity contribution >= 4 is 17.5 Å². The predicted octanol–water partition coefficient (Wildman–Crippen LogP) is 2.33. The highest BCUT2D eigenvalue weighted by Crippen LogP contribution is 2.18. The Morgan fingerprint density at radius 1 is 1.14 bits per heavy atom. The summed E-state index contributed by atoms with van der Waals surface area (Å²) in [7, 11) is 0. The van der Waals surface area contributed by atoms with Gasteiger partial charge in [0.15, 0.2) is 0 Å². The molecule has 28 heavy (non-hydrogen) atoms. The van der Waals surface area contributed by atoms with Gasteiger partial charge in [-0.1, -0.05) is 6.07 Å². The molecule has 3 rings (SSSR count). The van der Waals surface area contributed by atoms with E-state index in [-0.39, 0.29) is 11.6 Å². The van der Waals surface area contributed by atoms with Crippen molar-refractivity contribution in [1.82, 2.24) is 15.2 Å². The number of benzene rings is 1. The molecule has 0 atom stereocenters. The summed E-state index contributed by atoms with van der Waals surface area (Å²) in [6.45, 7) is 3.01. The topological polar surface area (TPSA) is 74.3 Å². The molecule has 1 aliphatic heterocycles. The molecule has 1 aromatic heterocycles. The average Bonchev–Trinajstić information content (AvgIpc) is 2.70. The number of hydrogen-bond acceptors (Lipinski definition) is 4. The van der Waals surface area contributed by atoms with Gasteiger partial charge in [0.2, 0.25) is 0 Å². The molecule has 0 unspecified atom stereocenters. The molecule has 0 bridgehead atoms. The van der Waals surface area contributed by atoms with Gasteiger partial charge in [0, 0.05) is 31.5 Å². The van der Waals surface area contributed by atoms with Crippen LogP contribution in [0.2, 0.25) is 0 Å². The molecule has 2 N–H and O–H groups in total. The Labute approximate surface area is 162 Å². The molecule has 1 saturated heterocycles. The van der Waals surface area contributed by atoms with E-state index < -0.39 is 23.4 Å². The molecule has 1 aliphatic rings. The maximum absolute atomic E-state index is 13.5. The van der Waals surface area contributed by atoms with Crippen LogP contribution in [0.1, 0.15) is 18.4 Å². The number of nitrogens with zero attached hydrogens (tertiary/aromatic N) is 2. The number of halogens is 2. The van der Waals surface area contributed by atoms with E-state index in [4.69, 9.17) is 0 Å². The van der Waals surface area contributed by atoms with Gasteiger partial charge < -0.3 is 10.6 Å². The van der Waals surface area contributed by atoms with Crippen LogP contribution in [-0.2, 0) is 16.1 Å². The van der Waals surface area contributed by atoms with Crippen LogP contribution in [0.3, 0.4) is 0 Å². The van der Waals surface area contributed by atoms with E-state index in [1.54, 1.807) is 6.20 Å². The summed E-state index contributed by atoms with van der Waals surface area (Å²) in [6, 6.07) is 6.62. The minimum Gasteiger partial charge on any atom is -0.348 e. The Balaban J connectivity index is 1.40. The first-order valence-electron chi connectivity index (χ1n) is 9.17. The van der Waals surface area contributed by atoms with Gasteiger partial charge in [-0.05, 0) is 55.6 Å². The molecule has 6 nitrogen and oxygen atoms in total. The summed E-state index contributed by atoms with van der Waals surface area (Å²) < 4.78 is 26.7. The molecule has 0 aliphatic carbocycles. The molecule has 0 radical (unpaired) electrons. The lowest BCUT2D eigenvalue weighted by molar-refractivity contribution is -0.136. The van der Waals surface area contributed by atoms with Gasteiger partial charge in [-0.15, -0.1) is 0 Å². The second kappa shape index (κ2) is 9.36. The molecular formula is C20H22F2N4O2. The number of likely N-dealkylation sites (tertiary alicyclic amines) is 1. The third-order valence-corrected chi connectivity index (χ3v) is 4.77. The largest absolute Gasteiger partial charge is 0.348 e. The van der Waals surface area contributed by atoms with Crippen molar-refractivity contribution in [3.8, 4) is 0 Å². The van der Waals surface area contributed by atoms with Crippen molar-refractivity contribution in [3.63, 3.8) is 0 Å². The minimum absolute atomic E-state index is 0.271. The van der Waals surface area contributed by atoms with Crippen LogP contribution >= 0.6 is 0 Å². The number of aromatic nitrogens is 1. The molecule has 1 fully saturated rings. The highest BCUT2D eigenvalue weighted by Gasteiger charge is 2.22. The maximum atomic E-state index is 13.5. The van der Waals surface area contributed by atoms with Gasteiger partial charge >= 0.3 is 11.8 Å². The molecule has 0 spiro atoms. The van der Waals surface area contributed by atoms with E-state index in [9.17, 15) is 18.4 Å². The summed E-state index contributed by atoms with van der Waals surface area (Å²) in [5.74, 6) is -3.11. The number of amides is 2. The van der Waals surface area contributed by atoms with Crippen LogP contribution in [0, 0.1) is 17.6 Å². The quantitative estimate of drug-likeness (QED) is 0.771. The monoisotopic (exact) mass is 388 g/mol. The zero-order chi connectivity index (χ0) is 19.9. The molecule has 2 amide bonds. The summed E-state index contributed by atoms with van der Waals surface area (Å²) >= 11 is 0. The summed E-state index contributed by atoms with van der Waals surface area (Å²) in [5, 5.41) is 4.67. The van der Waals surface area contributed by atoms with Gasteiger partial charge in [-0.3, -0.25) is 19.5 Å². The Hall–Kier alpha value is -2.87. The van der Waals surface area contributed by atoms with Crippen molar-refractivity contribution in [2.45, 2.75) is 19.4 Å². The highest BCUT2D eigenvalue weighted by atomic mass is 19.1. The molecule has 2 heterocycles. The van der Waals surface area contributed by atoms with Gasteiger partial charge in [-0.2, -0.15) is 0 Å². The second-order valence-electron chi connectivity index (χ2n) is 6.87. The van der Waals surface area contributed by atoms with Crippen molar-refractivity contribution in [2.24, 2.45) is 5.92 Å². The lowest BCUT2D eigenvalue weighted by Crippen LogP contribution is -2.41. The average molecular weight is 388 g/mol. The predicted molar refractivity (Wildman–Crippen MR) is 100 cm³/mol. The smallest absolute Gasteiger partial charge is 0.313 e. The Morgan fingerprint density at radius 3 is 2.64 bits per heavy atom. The first-order chi connectivity index (χ1) is 13.5. The molecule has 8 heteroatoms. The van der Waals surface area contributed by atoms with Gasteiger partial charge in [0.1, 0.15) is 11.6 Å². The van der Waals surface area contributed by atoms with Crippen LogP contribution in [0.4, 0.5) is 14.5 Å². The van der Waals surface area contributed by atoms with Gasteiger partial charge in [0.05, 0.1) is 5.69 Å². The zero-order valence-corrected chi connectivity index (χ0v) is 15.3. The van der Waals surface area contributed by atoms with E-state index in [1.165, 1.54) is 0 Å². The Morgan fingerprint density at radius 2 is 1.93 bits per heavy atom. The number of carbonyl (C=O) groups excluding carboxylic acids is 2. The van der Waals surface area contributed by atoms with Gasteiger partial charge in [-0.25, -0.2) is 8.78 Å². The number of carbonyl (C=O) groups is 2. The van der Waals surface area contributed by atoms with E-state index in [0.717, 1.165) is 56.2 Å². The highest BCUT2D eigenvalue weighted by molar-refractivity contribution is 6.39. The standard InChI is InChI=1S/C20H22F2N4O2/c21-16-3-4-17(22)18(10-16)25-20(28)19(27)24-12-14-5-8-26(9-6-14)13-15-2-1-7-23-11-15/h1-4,7,10-11,14H,5-6,8-9,12-13H2,(H,24,27)(H,25,28). The number of pyridine rings is 1. The SMILES string of the molecule is O=C(NCC1CCN(Cc2cccnc2)CC1)C(=O)Nc1cc(F)ccc1F. The number of hydrogen-bond donors (Lipinski definition) is 2. The van der Waals surface area contributed by atoms with Gasteiger partial charge in [0.25, 0.3) is 0 Å². The Kier molecular flexibility index (Phi) is 6.65. The molecule has 2 aromatic rings. The molecule has 1 aromatic carbocycles. The number of piperidine rings is 1. The van der Waals surface area contributed by atoms with Crippen LogP contribution in [-0.4, -0.2) is 41.3 Å². The Bertz CT molecular complexity index is 824. The summed E-state index contributed by atoms with van der Waals surface area (Å²) in [6.07, 6.45) is 5.41. The van der Waals surface area contributed by atoms with Crippen LogP contribution in [0.15, 0.2) is 42.7 Å². The fourth-order valence-corrected chi connectivity index (χ4v) is 3.19. The zero-order valence-electron chi connectivity index (χ0n) is 15.3. The van der Waals surface area contributed by atoms with Crippen molar-refractivity contribution in [1.29, 1.82) is 0 Å². The molecular weight excluding hydrogens is 366 g/mol. The first kappa shape index (κ1) is 19.9. The maximum Gasteiger partial charge on any atom is 0.313 e. The van der Waals surface area contributed by atoms with E-state index >= 15 is 0 Å². The van der Waals surface area contributed by atoms with Crippen LogP contribution in [0.25, 0.3) is 0 Å². The lowest BCUT2D eigenvalue weighted by Gasteiger charge is -2.31.